The molecular formula is C11H21N3O5. The molecule has 0 spiro atoms. The van der Waals surface area contributed by atoms with Gasteiger partial charge in [-0.05, 0) is 19.8 Å². The minimum Gasteiger partial charge on any atom is -0.480 e. The molecule has 0 bridgehead atoms. The third kappa shape index (κ3) is 7.98. The van der Waals surface area contributed by atoms with Gasteiger partial charge in [0.25, 0.3) is 0 Å². The first-order valence-electron chi connectivity index (χ1n) is 5.94. The van der Waals surface area contributed by atoms with Crippen LogP contribution in [-0.4, -0.2) is 58.8 Å². The molecule has 5 N–H and O–H groups in total. The number of aliphatic carboxylic acids is 1. The molecule has 0 aliphatic carbocycles. The number of nitrogens with two attached hydrogens (primary N) is 1. The Balaban J connectivity index is 4.29. The summed E-state index contributed by atoms with van der Waals surface area (Å²) in [5.74, 6) is -1.85. The van der Waals surface area contributed by atoms with E-state index in [1.54, 1.807) is 6.92 Å². The summed E-state index contributed by atoms with van der Waals surface area (Å²) in [4.78, 5) is 34.5. The van der Waals surface area contributed by atoms with Crippen LogP contribution in [0.2, 0.25) is 0 Å². The van der Waals surface area contributed by atoms with Gasteiger partial charge in [-0.2, -0.15) is 0 Å². The predicted octanol–water partition coefficient (Wildman–Crippen LogP) is -0.883. The van der Waals surface area contributed by atoms with Crippen LogP contribution in [-0.2, 0) is 9.59 Å². The number of aliphatic hydroxyl groups excluding tert-OH is 1. The summed E-state index contributed by atoms with van der Waals surface area (Å²) in [7, 11) is 1.49. The molecule has 0 aromatic carbocycles. The van der Waals surface area contributed by atoms with E-state index in [2.05, 4.69) is 5.32 Å². The van der Waals surface area contributed by atoms with E-state index in [1.807, 2.05) is 0 Å². The zero-order chi connectivity index (χ0) is 15.0. The molecule has 0 aromatic heterocycles. The van der Waals surface area contributed by atoms with Crippen molar-refractivity contribution in [1.82, 2.24) is 10.2 Å². The van der Waals surface area contributed by atoms with Crippen LogP contribution in [0.4, 0.5) is 4.79 Å². The van der Waals surface area contributed by atoms with Gasteiger partial charge in [-0.1, -0.05) is 0 Å². The van der Waals surface area contributed by atoms with E-state index in [0.717, 1.165) is 0 Å². The molecule has 3 amide bonds. The van der Waals surface area contributed by atoms with Gasteiger partial charge in [-0.25, -0.2) is 9.59 Å². The second kappa shape index (κ2) is 8.30. The lowest BCUT2D eigenvalue weighted by Crippen LogP contribution is -2.47. The maximum absolute atomic E-state index is 11.7. The summed E-state index contributed by atoms with van der Waals surface area (Å²) < 4.78 is 0. The highest BCUT2D eigenvalue weighted by Gasteiger charge is 2.22. The number of primary amides is 1. The normalized spacial score (nSPS) is 13.4. The number of carbonyl (C=O) groups excluding carboxylic acids is 2. The molecule has 0 radical (unpaired) electrons. The van der Waals surface area contributed by atoms with Crippen molar-refractivity contribution in [3.05, 3.63) is 0 Å². The molecule has 0 aliphatic heterocycles. The Kier molecular flexibility index (Phi) is 7.50. The Labute approximate surface area is 111 Å². The van der Waals surface area contributed by atoms with E-state index in [4.69, 9.17) is 15.9 Å². The van der Waals surface area contributed by atoms with Gasteiger partial charge in [0.1, 0.15) is 6.04 Å². The van der Waals surface area contributed by atoms with Crippen molar-refractivity contribution in [3.63, 3.8) is 0 Å². The van der Waals surface area contributed by atoms with Crippen molar-refractivity contribution in [2.45, 2.75) is 38.3 Å². The zero-order valence-corrected chi connectivity index (χ0v) is 11.1. The van der Waals surface area contributed by atoms with Crippen LogP contribution < -0.4 is 11.1 Å². The first kappa shape index (κ1) is 17.2. The van der Waals surface area contributed by atoms with E-state index in [-0.39, 0.29) is 12.8 Å². The van der Waals surface area contributed by atoms with E-state index in [9.17, 15) is 14.4 Å². The summed E-state index contributed by atoms with van der Waals surface area (Å²) in [5, 5.41) is 20.3. The Morgan fingerprint density at radius 2 is 1.89 bits per heavy atom. The number of nitrogens with one attached hydrogen (secondary N) is 1. The number of carboxylic acid groups (broad SMARTS) is 1. The number of amides is 3. The molecule has 0 aliphatic rings. The van der Waals surface area contributed by atoms with Crippen molar-refractivity contribution in [2.24, 2.45) is 5.73 Å². The Bertz CT molecular complexity index is 332. The monoisotopic (exact) mass is 275 g/mol. The second-order valence-corrected chi connectivity index (χ2v) is 4.40. The largest absolute Gasteiger partial charge is 0.480 e. The van der Waals surface area contributed by atoms with Gasteiger partial charge in [0.15, 0.2) is 0 Å². The van der Waals surface area contributed by atoms with Crippen molar-refractivity contribution in [1.29, 1.82) is 0 Å². The highest BCUT2D eigenvalue weighted by molar-refractivity contribution is 5.83. The Morgan fingerprint density at radius 1 is 1.32 bits per heavy atom. The van der Waals surface area contributed by atoms with Crippen molar-refractivity contribution in [3.8, 4) is 0 Å². The maximum Gasteiger partial charge on any atom is 0.326 e. The Morgan fingerprint density at radius 3 is 2.32 bits per heavy atom. The summed E-state index contributed by atoms with van der Waals surface area (Å²) in [6.07, 6.45) is -0.321. The SMILES string of the molecule is CC(O)CCN(C)C(=O)NC(CCC(N)=O)C(=O)O. The molecule has 8 heteroatoms. The fourth-order valence-electron chi connectivity index (χ4n) is 1.29. The number of carboxylic acids is 1. The van der Waals surface area contributed by atoms with Crippen LogP contribution >= 0.6 is 0 Å². The number of urea groups is 1. The van der Waals surface area contributed by atoms with Gasteiger partial charge < -0.3 is 26.2 Å². The minimum atomic E-state index is -1.22. The molecule has 110 valence electrons. The molecule has 0 heterocycles. The fourth-order valence-corrected chi connectivity index (χ4v) is 1.29. The molecule has 0 rings (SSSR count). The molecule has 0 aromatic rings. The predicted molar refractivity (Wildman–Crippen MR) is 67.3 cm³/mol. The number of aliphatic hydroxyl groups is 1. The van der Waals surface area contributed by atoms with E-state index < -0.39 is 30.1 Å². The minimum absolute atomic E-state index is 0.0549. The third-order valence-electron chi connectivity index (χ3n) is 2.50. The van der Waals surface area contributed by atoms with E-state index in [1.165, 1.54) is 11.9 Å². The van der Waals surface area contributed by atoms with Gasteiger partial charge in [0.2, 0.25) is 5.91 Å². The second-order valence-electron chi connectivity index (χ2n) is 4.40. The quantitative estimate of drug-likeness (QED) is 0.456. The molecular weight excluding hydrogens is 254 g/mol. The van der Waals surface area contributed by atoms with Gasteiger partial charge in [-0.3, -0.25) is 4.79 Å². The van der Waals surface area contributed by atoms with E-state index >= 15 is 0 Å². The summed E-state index contributed by atoms with van der Waals surface area (Å²) in [6, 6.07) is -1.73. The first-order valence-corrected chi connectivity index (χ1v) is 5.94. The standard InChI is InChI=1S/C11H21N3O5/c1-7(15)5-6-14(2)11(19)13-8(10(17)18)3-4-9(12)16/h7-8,15H,3-6H2,1-2H3,(H2,12,16)(H,13,19)(H,17,18). The number of nitrogens with zero attached hydrogens (tertiary/aromatic N) is 1. The third-order valence-corrected chi connectivity index (χ3v) is 2.50. The smallest absolute Gasteiger partial charge is 0.326 e. The lowest BCUT2D eigenvalue weighted by Gasteiger charge is -2.21. The average molecular weight is 275 g/mol. The lowest BCUT2D eigenvalue weighted by atomic mass is 10.1. The fraction of sp³-hybridized carbons (Fsp3) is 0.727. The lowest BCUT2D eigenvalue weighted by molar-refractivity contribution is -0.139. The van der Waals surface area contributed by atoms with E-state index in [0.29, 0.717) is 13.0 Å². The van der Waals surface area contributed by atoms with Crippen LogP contribution in [0.25, 0.3) is 0 Å². The molecule has 0 fully saturated rings. The van der Waals surface area contributed by atoms with Crippen molar-refractivity contribution >= 4 is 17.9 Å². The van der Waals surface area contributed by atoms with Crippen molar-refractivity contribution < 1.29 is 24.6 Å². The van der Waals surface area contributed by atoms with Gasteiger partial charge in [-0.15, -0.1) is 0 Å². The first-order chi connectivity index (χ1) is 8.73. The molecule has 19 heavy (non-hydrogen) atoms. The molecule has 8 nitrogen and oxygen atoms in total. The number of hydrogen-bond acceptors (Lipinski definition) is 4. The topological polar surface area (TPSA) is 133 Å². The number of rotatable bonds is 8. The summed E-state index contributed by atoms with van der Waals surface area (Å²) in [6.45, 7) is 1.89. The molecule has 2 unspecified atom stereocenters. The maximum atomic E-state index is 11.7. The van der Waals surface area contributed by atoms with Crippen LogP contribution in [0.1, 0.15) is 26.2 Å². The van der Waals surface area contributed by atoms with Crippen LogP contribution in [0.15, 0.2) is 0 Å². The molecule has 2 atom stereocenters. The highest BCUT2D eigenvalue weighted by Crippen LogP contribution is 2.00. The highest BCUT2D eigenvalue weighted by atomic mass is 16.4. The summed E-state index contributed by atoms with van der Waals surface area (Å²) >= 11 is 0. The average Bonchev–Trinajstić information content (AvgIpc) is 2.30. The molecule has 0 saturated carbocycles. The van der Waals surface area contributed by atoms with Crippen LogP contribution in [0.5, 0.6) is 0 Å². The van der Waals surface area contributed by atoms with Crippen LogP contribution in [0, 0.1) is 0 Å². The summed E-state index contributed by atoms with van der Waals surface area (Å²) in [5.41, 5.74) is 4.93. The zero-order valence-electron chi connectivity index (χ0n) is 11.1. The van der Waals surface area contributed by atoms with Gasteiger partial charge in [0, 0.05) is 20.0 Å². The van der Waals surface area contributed by atoms with Gasteiger partial charge >= 0.3 is 12.0 Å². The van der Waals surface area contributed by atoms with Gasteiger partial charge in [0.05, 0.1) is 6.10 Å². The molecule has 0 saturated heterocycles. The van der Waals surface area contributed by atoms with Crippen molar-refractivity contribution in [2.75, 3.05) is 13.6 Å². The number of hydrogen-bond donors (Lipinski definition) is 4. The van der Waals surface area contributed by atoms with Crippen LogP contribution in [0.3, 0.4) is 0 Å². The number of carbonyl (C=O) groups is 3. The Hall–Kier alpha value is -1.83.